The van der Waals surface area contributed by atoms with Gasteiger partial charge in [0.15, 0.2) is 0 Å². The van der Waals surface area contributed by atoms with Crippen molar-refractivity contribution >= 4 is 11.3 Å². The zero-order valence-corrected chi connectivity index (χ0v) is 10.4. The molecule has 0 aliphatic carbocycles. The van der Waals surface area contributed by atoms with E-state index >= 15 is 0 Å². The van der Waals surface area contributed by atoms with E-state index < -0.39 is 0 Å². The Morgan fingerprint density at radius 3 is 2.94 bits per heavy atom. The molecular weight excluding hydrogens is 220 g/mol. The van der Waals surface area contributed by atoms with Crippen LogP contribution in [0.3, 0.4) is 0 Å². The van der Waals surface area contributed by atoms with E-state index in [2.05, 4.69) is 34.7 Å². The molecule has 2 aromatic rings. The van der Waals surface area contributed by atoms with Crippen LogP contribution in [0.5, 0.6) is 0 Å². The molecule has 2 heterocycles. The number of nitrogens with two attached hydrogens (primary N) is 1. The van der Waals surface area contributed by atoms with E-state index in [-0.39, 0.29) is 6.04 Å². The van der Waals surface area contributed by atoms with Crippen LogP contribution >= 0.6 is 11.3 Å². The number of thiophene rings is 1. The van der Waals surface area contributed by atoms with Gasteiger partial charge in [0.1, 0.15) is 12.2 Å². The molecule has 2 aromatic heterocycles. The third-order valence-corrected chi connectivity index (χ3v) is 3.57. The standard InChI is InChI=1S/C11H16N4S/c1-3-15-11(13-7-14-15)4-10(12)9-6-16-5-8(9)2/h5-7,10H,3-4,12H2,1-2H3. The maximum Gasteiger partial charge on any atom is 0.138 e. The van der Waals surface area contributed by atoms with Crippen LogP contribution in [0.15, 0.2) is 17.1 Å². The maximum atomic E-state index is 6.18. The molecule has 1 unspecified atom stereocenters. The fourth-order valence-corrected chi connectivity index (χ4v) is 2.68. The first-order valence-electron chi connectivity index (χ1n) is 5.37. The Balaban J connectivity index is 2.13. The smallest absolute Gasteiger partial charge is 0.138 e. The molecule has 4 nitrogen and oxygen atoms in total. The van der Waals surface area contributed by atoms with Crippen LogP contribution in [-0.2, 0) is 13.0 Å². The van der Waals surface area contributed by atoms with Crippen LogP contribution in [0.25, 0.3) is 0 Å². The maximum absolute atomic E-state index is 6.18. The van der Waals surface area contributed by atoms with E-state index in [1.54, 1.807) is 17.7 Å². The summed E-state index contributed by atoms with van der Waals surface area (Å²) >= 11 is 1.69. The third-order valence-electron chi connectivity index (χ3n) is 2.69. The van der Waals surface area contributed by atoms with Crippen molar-refractivity contribution < 1.29 is 0 Å². The van der Waals surface area contributed by atoms with Gasteiger partial charge in [0.25, 0.3) is 0 Å². The Labute approximate surface area is 99.1 Å². The van der Waals surface area contributed by atoms with Gasteiger partial charge in [-0.3, -0.25) is 4.68 Å². The van der Waals surface area contributed by atoms with Crippen LogP contribution < -0.4 is 5.73 Å². The number of aromatic nitrogens is 3. The molecule has 0 saturated carbocycles. The first-order chi connectivity index (χ1) is 7.72. The van der Waals surface area contributed by atoms with Crippen LogP contribution in [0.4, 0.5) is 0 Å². The molecule has 86 valence electrons. The van der Waals surface area contributed by atoms with E-state index in [1.165, 1.54) is 11.1 Å². The van der Waals surface area contributed by atoms with Gasteiger partial charge in [-0.25, -0.2) is 4.98 Å². The summed E-state index contributed by atoms with van der Waals surface area (Å²) < 4.78 is 1.89. The molecule has 0 saturated heterocycles. The highest BCUT2D eigenvalue weighted by Gasteiger charge is 2.13. The molecule has 0 aromatic carbocycles. The zero-order valence-electron chi connectivity index (χ0n) is 9.55. The number of hydrogen-bond donors (Lipinski definition) is 1. The average Bonchev–Trinajstić information content (AvgIpc) is 2.86. The van der Waals surface area contributed by atoms with Gasteiger partial charge in [-0.05, 0) is 35.7 Å². The summed E-state index contributed by atoms with van der Waals surface area (Å²) in [6, 6.07) is 0.0146. The Bertz CT molecular complexity index is 460. The van der Waals surface area contributed by atoms with E-state index in [4.69, 9.17) is 5.73 Å². The van der Waals surface area contributed by atoms with Crippen molar-refractivity contribution in [3.05, 3.63) is 34.0 Å². The second kappa shape index (κ2) is 4.76. The first-order valence-corrected chi connectivity index (χ1v) is 6.31. The van der Waals surface area contributed by atoms with Crippen molar-refractivity contribution in [3.63, 3.8) is 0 Å². The molecule has 16 heavy (non-hydrogen) atoms. The van der Waals surface area contributed by atoms with Crippen molar-refractivity contribution in [2.75, 3.05) is 0 Å². The fourth-order valence-electron chi connectivity index (χ4n) is 1.77. The SMILES string of the molecule is CCn1ncnc1CC(N)c1cscc1C. The van der Waals surface area contributed by atoms with Crippen LogP contribution in [-0.4, -0.2) is 14.8 Å². The summed E-state index contributed by atoms with van der Waals surface area (Å²) in [4.78, 5) is 4.24. The summed E-state index contributed by atoms with van der Waals surface area (Å²) in [5.74, 6) is 0.959. The molecule has 0 aliphatic rings. The lowest BCUT2D eigenvalue weighted by molar-refractivity contribution is 0.581. The summed E-state index contributed by atoms with van der Waals surface area (Å²) in [6.45, 7) is 4.99. The lowest BCUT2D eigenvalue weighted by atomic mass is 10.0. The Kier molecular flexibility index (Phi) is 3.36. The van der Waals surface area contributed by atoms with E-state index in [1.807, 2.05) is 4.68 Å². The van der Waals surface area contributed by atoms with Crippen molar-refractivity contribution in [2.24, 2.45) is 5.73 Å². The van der Waals surface area contributed by atoms with Crippen LogP contribution in [0.2, 0.25) is 0 Å². The molecule has 2 rings (SSSR count). The highest BCUT2D eigenvalue weighted by atomic mass is 32.1. The quantitative estimate of drug-likeness (QED) is 0.882. The summed E-state index contributed by atoms with van der Waals surface area (Å²) in [7, 11) is 0. The number of aryl methyl sites for hydroxylation is 2. The lowest BCUT2D eigenvalue weighted by Gasteiger charge is -2.11. The lowest BCUT2D eigenvalue weighted by Crippen LogP contribution is -2.17. The molecule has 2 N–H and O–H groups in total. The average molecular weight is 236 g/mol. The molecule has 0 amide bonds. The van der Waals surface area contributed by atoms with Gasteiger partial charge in [-0.15, -0.1) is 0 Å². The monoisotopic (exact) mass is 236 g/mol. The van der Waals surface area contributed by atoms with Gasteiger partial charge in [0.05, 0.1) is 0 Å². The van der Waals surface area contributed by atoms with Gasteiger partial charge in [-0.2, -0.15) is 16.4 Å². The summed E-state index contributed by atoms with van der Waals surface area (Å²) in [5, 5.41) is 8.39. The summed E-state index contributed by atoms with van der Waals surface area (Å²) in [6.07, 6.45) is 2.33. The minimum Gasteiger partial charge on any atom is -0.324 e. The Hall–Kier alpha value is -1.20. The normalized spacial score (nSPS) is 12.9. The number of nitrogens with zero attached hydrogens (tertiary/aromatic N) is 3. The summed E-state index contributed by atoms with van der Waals surface area (Å²) in [5.41, 5.74) is 8.66. The predicted octanol–water partition coefficient (Wildman–Crippen LogP) is 1.91. The van der Waals surface area contributed by atoms with E-state index in [0.717, 1.165) is 18.8 Å². The molecular formula is C11H16N4S. The molecule has 0 spiro atoms. The zero-order chi connectivity index (χ0) is 11.5. The van der Waals surface area contributed by atoms with Gasteiger partial charge >= 0.3 is 0 Å². The number of hydrogen-bond acceptors (Lipinski definition) is 4. The van der Waals surface area contributed by atoms with Crippen molar-refractivity contribution in [3.8, 4) is 0 Å². The largest absolute Gasteiger partial charge is 0.324 e. The third kappa shape index (κ3) is 2.15. The molecule has 5 heteroatoms. The van der Waals surface area contributed by atoms with Crippen molar-refractivity contribution in [1.82, 2.24) is 14.8 Å². The molecule has 1 atom stereocenters. The topological polar surface area (TPSA) is 56.7 Å². The minimum absolute atomic E-state index is 0.0146. The minimum atomic E-state index is 0.0146. The predicted molar refractivity (Wildman–Crippen MR) is 65.4 cm³/mol. The molecule has 0 bridgehead atoms. The Morgan fingerprint density at radius 1 is 1.50 bits per heavy atom. The van der Waals surface area contributed by atoms with Crippen molar-refractivity contribution in [1.29, 1.82) is 0 Å². The number of rotatable bonds is 4. The van der Waals surface area contributed by atoms with Crippen molar-refractivity contribution in [2.45, 2.75) is 32.9 Å². The molecule has 0 radical (unpaired) electrons. The first kappa shape index (κ1) is 11.3. The van der Waals surface area contributed by atoms with Gasteiger partial charge in [0.2, 0.25) is 0 Å². The van der Waals surface area contributed by atoms with Crippen LogP contribution in [0.1, 0.15) is 29.9 Å². The fraction of sp³-hybridized carbons (Fsp3) is 0.455. The van der Waals surface area contributed by atoms with Crippen LogP contribution in [0, 0.1) is 6.92 Å². The van der Waals surface area contributed by atoms with Gasteiger partial charge < -0.3 is 5.73 Å². The highest BCUT2D eigenvalue weighted by Crippen LogP contribution is 2.22. The van der Waals surface area contributed by atoms with E-state index in [0.29, 0.717) is 0 Å². The molecule has 0 fully saturated rings. The second-order valence-corrected chi connectivity index (χ2v) is 4.56. The second-order valence-electron chi connectivity index (χ2n) is 3.81. The highest BCUT2D eigenvalue weighted by molar-refractivity contribution is 7.08. The van der Waals surface area contributed by atoms with E-state index in [9.17, 15) is 0 Å². The Morgan fingerprint density at radius 2 is 2.31 bits per heavy atom. The molecule has 0 aliphatic heterocycles. The van der Waals surface area contributed by atoms with Gasteiger partial charge in [0, 0.05) is 19.0 Å². The van der Waals surface area contributed by atoms with Gasteiger partial charge in [-0.1, -0.05) is 0 Å².